The van der Waals surface area contributed by atoms with Crippen molar-refractivity contribution in [2.45, 2.75) is 19.8 Å². The number of hydrogen-bond donors (Lipinski definition) is 0. The molecule has 0 bridgehead atoms. The Balaban J connectivity index is 1.23. The van der Waals surface area contributed by atoms with Crippen molar-refractivity contribution in [2.24, 2.45) is 0 Å². The summed E-state index contributed by atoms with van der Waals surface area (Å²) in [6, 6.07) is 14.4. The SMILES string of the molecule is CC(=O)n1c(=O)ccc2ccc(OCCCCN3CCN(c4cccc(Cl)c4Cl)CC3)cc21. The van der Waals surface area contributed by atoms with Gasteiger partial charge in [-0.25, -0.2) is 4.57 Å². The second-order valence-corrected chi connectivity index (χ2v) is 8.99. The van der Waals surface area contributed by atoms with Crippen molar-refractivity contribution < 1.29 is 9.53 Å². The Hall–Kier alpha value is -2.54. The summed E-state index contributed by atoms with van der Waals surface area (Å²) in [5.74, 6) is 0.357. The van der Waals surface area contributed by atoms with Gasteiger partial charge in [0, 0.05) is 45.2 Å². The highest BCUT2D eigenvalue weighted by Crippen LogP contribution is 2.32. The third-order valence-corrected chi connectivity index (χ3v) is 6.77. The normalized spacial score (nSPS) is 14.6. The Bertz CT molecular complexity index is 1200. The van der Waals surface area contributed by atoms with Crippen LogP contribution in [0, 0.1) is 0 Å². The summed E-state index contributed by atoms with van der Waals surface area (Å²) in [6.45, 7) is 6.80. The number of aromatic nitrogens is 1. The number of unbranched alkanes of at least 4 members (excludes halogenated alkanes) is 1. The fourth-order valence-corrected chi connectivity index (χ4v) is 4.62. The van der Waals surface area contributed by atoms with Gasteiger partial charge in [0.25, 0.3) is 5.56 Å². The van der Waals surface area contributed by atoms with Gasteiger partial charge in [0.05, 0.1) is 27.9 Å². The highest BCUT2D eigenvalue weighted by Gasteiger charge is 2.19. The van der Waals surface area contributed by atoms with E-state index in [0.29, 0.717) is 27.9 Å². The smallest absolute Gasteiger partial charge is 0.257 e. The fraction of sp³-hybridized carbons (Fsp3) is 0.360. The molecule has 8 heteroatoms. The van der Waals surface area contributed by atoms with Crippen LogP contribution < -0.4 is 15.2 Å². The van der Waals surface area contributed by atoms with Gasteiger partial charge in [0.2, 0.25) is 5.91 Å². The van der Waals surface area contributed by atoms with Crippen LogP contribution in [0.3, 0.4) is 0 Å². The Morgan fingerprint density at radius 1 is 1.00 bits per heavy atom. The van der Waals surface area contributed by atoms with Crippen molar-refractivity contribution in [3.05, 3.63) is 68.9 Å². The molecule has 1 fully saturated rings. The molecule has 0 aliphatic carbocycles. The number of piperazine rings is 1. The van der Waals surface area contributed by atoms with E-state index in [9.17, 15) is 9.59 Å². The quantitative estimate of drug-likeness (QED) is 0.441. The Morgan fingerprint density at radius 2 is 1.76 bits per heavy atom. The maximum absolute atomic E-state index is 12.0. The van der Waals surface area contributed by atoms with E-state index in [-0.39, 0.29) is 11.5 Å². The molecule has 1 aromatic heterocycles. The lowest BCUT2D eigenvalue weighted by Crippen LogP contribution is -2.46. The van der Waals surface area contributed by atoms with E-state index in [2.05, 4.69) is 9.80 Å². The van der Waals surface area contributed by atoms with E-state index in [1.165, 1.54) is 17.6 Å². The first-order valence-electron chi connectivity index (χ1n) is 11.1. The largest absolute Gasteiger partial charge is 0.494 e. The van der Waals surface area contributed by atoms with Crippen LogP contribution in [0.5, 0.6) is 5.75 Å². The van der Waals surface area contributed by atoms with Crippen LogP contribution in [0.4, 0.5) is 5.69 Å². The summed E-state index contributed by atoms with van der Waals surface area (Å²) in [6.07, 6.45) is 1.95. The molecule has 1 saturated heterocycles. The van der Waals surface area contributed by atoms with Crippen molar-refractivity contribution in [1.82, 2.24) is 9.47 Å². The van der Waals surface area contributed by atoms with E-state index >= 15 is 0 Å². The molecule has 6 nitrogen and oxygen atoms in total. The molecule has 1 aliphatic rings. The van der Waals surface area contributed by atoms with Gasteiger partial charge in [-0.2, -0.15) is 0 Å². The van der Waals surface area contributed by atoms with Crippen molar-refractivity contribution in [3.63, 3.8) is 0 Å². The van der Waals surface area contributed by atoms with Crippen LogP contribution in [0.1, 0.15) is 24.6 Å². The van der Waals surface area contributed by atoms with Gasteiger partial charge in [-0.05, 0) is 55.1 Å². The number of fused-ring (bicyclic) bond motifs is 1. The molecule has 33 heavy (non-hydrogen) atoms. The van der Waals surface area contributed by atoms with Crippen LogP contribution >= 0.6 is 23.2 Å². The second kappa shape index (κ2) is 10.6. The summed E-state index contributed by atoms with van der Waals surface area (Å²) in [7, 11) is 0. The van der Waals surface area contributed by atoms with E-state index in [1.54, 1.807) is 12.1 Å². The van der Waals surface area contributed by atoms with Crippen LogP contribution in [0.2, 0.25) is 10.0 Å². The summed E-state index contributed by atoms with van der Waals surface area (Å²) < 4.78 is 7.08. The Morgan fingerprint density at radius 3 is 2.52 bits per heavy atom. The van der Waals surface area contributed by atoms with E-state index < -0.39 is 0 Å². The van der Waals surface area contributed by atoms with Crippen molar-refractivity contribution in [1.29, 1.82) is 0 Å². The second-order valence-electron chi connectivity index (χ2n) is 8.20. The lowest BCUT2D eigenvalue weighted by molar-refractivity contribution is 0.0937. The monoisotopic (exact) mass is 487 g/mol. The topological polar surface area (TPSA) is 54.8 Å². The molecule has 0 radical (unpaired) electrons. The third-order valence-electron chi connectivity index (χ3n) is 5.97. The van der Waals surface area contributed by atoms with Gasteiger partial charge < -0.3 is 9.64 Å². The lowest BCUT2D eigenvalue weighted by atomic mass is 10.2. The third kappa shape index (κ3) is 5.52. The van der Waals surface area contributed by atoms with E-state index in [1.807, 2.05) is 30.3 Å². The van der Waals surface area contributed by atoms with Gasteiger partial charge in [-0.3, -0.25) is 14.5 Å². The van der Waals surface area contributed by atoms with Gasteiger partial charge in [0.1, 0.15) is 5.75 Å². The Labute approximate surface area is 203 Å². The number of hydrogen-bond acceptors (Lipinski definition) is 5. The van der Waals surface area contributed by atoms with Crippen molar-refractivity contribution >= 4 is 45.7 Å². The molecule has 0 saturated carbocycles. The highest BCUT2D eigenvalue weighted by molar-refractivity contribution is 6.43. The molecule has 2 heterocycles. The van der Waals surface area contributed by atoms with Crippen LogP contribution in [-0.2, 0) is 0 Å². The van der Waals surface area contributed by atoms with Gasteiger partial charge >= 0.3 is 0 Å². The maximum Gasteiger partial charge on any atom is 0.257 e. The molecule has 0 amide bonds. The van der Waals surface area contributed by atoms with Crippen molar-refractivity contribution in [2.75, 3.05) is 44.2 Å². The van der Waals surface area contributed by atoms with Crippen molar-refractivity contribution in [3.8, 4) is 5.75 Å². The zero-order valence-corrected chi connectivity index (χ0v) is 20.1. The molecule has 0 spiro atoms. The number of rotatable bonds is 7. The van der Waals surface area contributed by atoms with Gasteiger partial charge in [-0.15, -0.1) is 0 Å². The average Bonchev–Trinajstić information content (AvgIpc) is 2.80. The first-order valence-corrected chi connectivity index (χ1v) is 11.9. The van der Waals surface area contributed by atoms with E-state index in [4.69, 9.17) is 27.9 Å². The number of carbonyl (C=O) groups is 1. The summed E-state index contributed by atoms with van der Waals surface area (Å²) in [5.41, 5.74) is 1.25. The Kier molecular flexibility index (Phi) is 7.58. The fourth-order valence-electron chi connectivity index (χ4n) is 4.20. The van der Waals surface area contributed by atoms with Gasteiger partial charge in [0.15, 0.2) is 0 Å². The zero-order valence-electron chi connectivity index (χ0n) is 18.6. The molecular formula is C25H27Cl2N3O3. The molecule has 0 N–H and O–H groups in total. The summed E-state index contributed by atoms with van der Waals surface area (Å²) in [4.78, 5) is 28.7. The molecule has 3 aromatic rings. The predicted octanol–water partition coefficient (Wildman–Crippen LogP) is 4.95. The molecule has 2 aromatic carbocycles. The van der Waals surface area contributed by atoms with Crippen LogP contribution in [0.15, 0.2) is 53.3 Å². The average molecular weight is 488 g/mol. The molecule has 0 atom stereocenters. The molecule has 0 unspecified atom stereocenters. The first-order chi connectivity index (χ1) is 15.9. The minimum absolute atomic E-state index is 0.305. The number of pyridine rings is 1. The number of anilines is 1. The number of ether oxygens (including phenoxy) is 1. The lowest BCUT2D eigenvalue weighted by Gasteiger charge is -2.36. The number of halogens is 2. The van der Waals surface area contributed by atoms with Crippen LogP contribution in [0.25, 0.3) is 10.9 Å². The summed E-state index contributed by atoms with van der Waals surface area (Å²) in [5, 5.41) is 2.04. The number of benzene rings is 2. The van der Waals surface area contributed by atoms with Gasteiger partial charge in [-0.1, -0.05) is 29.3 Å². The molecular weight excluding hydrogens is 461 g/mol. The number of nitrogens with zero attached hydrogens (tertiary/aromatic N) is 3. The standard InChI is InChI=1S/C25H27Cl2N3O3/c1-18(31)30-23-17-20(9-7-19(23)8-10-24(30)32)33-16-3-2-11-28-12-14-29(15-13-28)22-6-4-5-21(26)25(22)27/h4-10,17H,2-3,11-16H2,1H3. The minimum atomic E-state index is -0.329. The molecule has 4 rings (SSSR count). The first kappa shape index (κ1) is 23.6. The van der Waals surface area contributed by atoms with E-state index in [0.717, 1.165) is 56.6 Å². The van der Waals surface area contributed by atoms with Crippen LogP contribution in [-0.4, -0.2) is 54.7 Å². The molecule has 1 aliphatic heterocycles. The molecule has 174 valence electrons. The summed E-state index contributed by atoms with van der Waals surface area (Å²) >= 11 is 12.5. The minimum Gasteiger partial charge on any atom is -0.494 e. The highest BCUT2D eigenvalue weighted by atomic mass is 35.5. The predicted molar refractivity (Wildman–Crippen MR) is 134 cm³/mol. The number of carbonyl (C=O) groups excluding carboxylic acids is 1. The maximum atomic E-state index is 12.0. The zero-order chi connectivity index (χ0) is 23.4.